The number of benzene rings is 9. The summed E-state index contributed by atoms with van der Waals surface area (Å²) < 4.78 is 2.54. The van der Waals surface area contributed by atoms with Gasteiger partial charge in [0, 0.05) is 52.8 Å². The van der Waals surface area contributed by atoms with Crippen LogP contribution >= 0.6 is 23.5 Å². The first-order valence-electron chi connectivity index (χ1n) is 23.8. The molecule has 0 saturated heterocycles. The third kappa shape index (κ3) is 6.10. The lowest BCUT2D eigenvalue weighted by Crippen LogP contribution is -2.74. The minimum absolute atomic E-state index is 0.0196. The Hall–Kier alpha value is -6.50. The van der Waals surface area contributed by atoms with E-state index in [9.17, 15) is 0 Å². The predicted octanol–water partition coefficient (Wildman–Crippen LogP) is 14.2. The zero-order chi connectivity index (χ0) is 44.7. The zero-order valence-corrected chi connectivity index (χ0v) is 40.5. The van der Waals surface area contributed by atoms with Crippen LogP contribution in [0.4, 0.5) is 11.4 Å². The third-order valence-electron chi connectivity index (χ3n) is 15.8. The highest BCUT2D eigenvalue weighted by atomic mass is 32.2. The Morgan fingerprint density at radius 1 is 0.448 bits per heavy atom. The number of rotatable bonds is 7. The van der Waals surface area contributed by atoms with Gasteiger partial charge in [-0.2, -0.15) is 0 Å². The topological polar surface area (TPSA) is 8.17 Å². The fraction of sp³-hybridized carbons (Fsp3) is 0.129. The van der Waals surface area contributed by atoms with Crippen LogP contribution in [0, 0.1) is 0 Å². The molecule has 0 spiro atoms. The van der Waals surface area contributed by atoms with Crippen molar-refractivity contribution in [2.24, 2.45) is 0 Å². The van der Waals surface area contributed by atoms with Gasteiger partial charge in [-0.3, -0.25) is 0 Å². The van der Waals surface area contributed by atoms with Crippen molar-refractivity contribution < 1.29 is 0 Å². The summed E-state index contributed by atoms with van der Waals surface area (Å²) in [6.45, 7) is 5.08. The van der Waals surface area contributed by atoms with E-state index in [1.165, 1.54) is 122 Å². The maximum absolute atomic E-state index is 2.83. The van der Waals surface area contributed by atoms with Crippen LogP contribution in [0.1, 0.15) is 45.1 Å². The van der Waals surface area contributed by atoms with Crippen molar-refractivity contribution in [1.29, 1.82) is 0 Å². The highest BCUT2D eigenvalue weighted by Crippen LogP contribution is 2.61. The molecule has 1 fully saturated rings. The van der Waals surface area contributed by atoms with Gasteiger partial charge in [-0.25, -0.2) is 0 Å². The van der Waals surface area contributed by atoms with Crippen LogP contribution in [0.25, 0.3) is 38.6 Å². The lowest BCUT2D eigenvalue weighted by molar-refractivity contribution is 0.195. The van der Waals surface area contributed by atoms with Gasteiger partial charge in [0.05, 0.1) is 16.6 Å². The number of para-hydroxylation sites is 1. The smallest absolute Gasteiger partial charge is 0.179 e. The van der Waals surface area contributed by atoms with E-state index in [2.05, 4.69) is 242 Å². The molecule has 3 aliphatic rings. The van der Waals surface area contributed by atoms with Gasteiger partial charge in [0.2, 0.25) is 0 Å². The lowest BCUT2D eigenvalue weighted by atomic mass is 9.61. The van der Waals surface area contributed by atoms with Crippen molar-refractivity contribution >= 4 is 85.5 Å². The number of hydrogen-bond donors (Lipinski definition) is 0. The Balaban J connectivity index is 1.03. The fourth-order valence-corrected chi connectivity index (χ4v) is 19.6. The molecule has 67 heavy (non-hydrogen) atoms. The molecule has 2 nitrogen and oxygen atoms in total. The molecular formula is C62H50N2S2Si. The summed E-state index contributed by atoms with van der Waals surface area (Å²) in [4.78, 5) is 8.07. The first kappa shape index (κ1) is 40.7. The van der Waals surface area contributed by atoms with Crippen LogP contribution in [0.5, 0.6) is 0 Å². The van der Waals surface area contributed by atoms with Crippen LogP contribution in [0.3, 0.4) is 0 Å². The van der Waals surface area contributed by atoms with Crippen LogP contribution in [0.15, 0.2) is 238 Å². The largest absolute Gasteiger partial charge is 0.334 e. The molecule has 1 aliphatic carbocycles. The molecule has 2 aliphatic heterocycles. The number of aromatic nitrogens is 1. The summed E-state index contributed by atoms with van der Waals surface area (Å²) in [6.07, 6.45) is 4.93. The molecule has 1 aromatic heterocycles. The number of anilines is 2. The van der Waals surface area contributed by atoms with Gasteiger partial charge in [0.15, 0.2) is 8.07 Å². The van der Waals surface area contributed by atoms with Crippen molar-refractivity contribution in [2.45, 2.75) is 70.1 Å². The van der Waals surface area contributed by atoms with E-state index in [0.717, 1.165) is 0 Å². The lowest BCUT2D eigenvalue weighted by Gasteiger charge is -2.50. The van der Waals surface area contributed by atoms with Crippen LogP contribution in [-0.2, 0) is 5.41 Å². The molecular weight excluding hydrogens is 865 g/mol. The summed E-state index contributed by atoms with van der Waals surface area (Å²) in [5.74, 6) is 0. The normalized spacial score (nSPS) is 18.6. The van der Waals surface area contributed by atoms with Crippen LogP contribution in [0.2, 0.25) is 0 Å². The first-order chi connectivity index (χ1) is 33.0. The predicted molar refractivity (Wildman–Crippen MR) is 287 cm³/mol. The Bertz CT molecular complexity index is 3470. The van der Waals surface area contributed by atoms with Crippen molar-refractivity contribution in [3.05, 3.63) is 224 Å². The summed E-state index contributed by atoms with van der Waals surface area (Å²) in [5.41, 5.74) is 10.3. The maximum Gasteiger partial charge on any atom is 0.179 e. The molecule has 0 radical (unpaired) electrons. The molecule has 0 bridgehead atoms. The van der Waals surface area contributed by atoms with Crippen molar-refractivity contribution in [2.75, 3.05) is 4.90 Å². The Labute approximate surface area is 403 Å². The summed E-state index contributed by atoms with van der Waals surface area (Å²) in [6, 6.07) is 82.8. The van der Waals surface area contributed by atoms with E-state index in [0.29, 0.717) is 0 Å². The van der Waals surface area contributed by atoms with E-state index < -0.39 is 8.07 Å². The molecule has 2 unspecified atom stereocenters. The van der Waals surface area contributed by atoms with Gasteiger partial charge in [-0.1, -0.05) is 201 Å². The Morgan fingerprint density at radius 2 is 1.03 bits per heavy atom. The van der Waals surface area contributed by atoms with Gasteiger partial charge in [0.25, 0.3) is 0 Å². The Kier molecular flexibility index (Phi) is 9.61. The average Bonchev–Trinajstić information content (AvgIpc) is 3.83. The van der Waals surface area contributed by atoms with Crippen molar-refractivity contribution in [1.82, 2.24) is 4.57 Å². The quantitative estimate of drug-likeness (QED) is 0.116. The van der Waals surface area contributed by atoms with Crippen molar-refractivity contribution in [3.63, 3.8) is 0 Å². The fourth-order valence-electron chi connectivity index (χ4n) is 12.4. The minimum Gasteiger partial charge on any atom is -0.334 e. The van der Waals surface area contributed by atoms with E-state index >= 15 is 0 Å². The second-order valence-corrected chi connectivity index (χ2v) is 25.1. The summed E-state index contributed by atoms with van der Waals surface area (Å²) in [7, 11) is -2.83. The van der Waals surface area contributed by atoms with Crippen LogP contribution < -0.4 is 25.6 Å². The summed E-state index contributed by atoms with van der Waals surface area (Å²) >= 11 is 3.84. The van der Waals surface area contributed by atoms with Crippen molar-refractivity contribution in [3.8, 4) is 16.8 Å². The van der Waals surface area contributed by atoms with Gasteiger partial charge in [0.1, 0.15) is 0 Å². The molecule has 9 aromatic carbocycles. The van der Waals surface area contributed by atoms with E-state index in [1.807, 2.05) is 23.5 Å². The van der Waals surface area contributed by atoms with E-state index in [-0.39, 0.29) is 11.0 Å². The maximum atomic E-state index is 2.73. The second kappa shape index (κ2) is 15.8. The minimum atomic E-state index is -2.83. The Morgan fingerprint density at radius 3 is 1.78 bits per heavy atom. The zero-order valence-electron chi connectivity index (χ0n) is 37.8. The molecule has 10 aromatic rings. The molecule has 2 atom stereocenters. The molecule has 5 heteroatoms. The molecule has 1 saturated carbocycles. The monoisotopic (exact) mass is 914 g/mol. The van der Waals surface area contributed by atoms with Gasteiger partial charge < -0.3 is 9.47 Å². The SMILES string of the molecule is CC12CCCCC1(C)N(c1ccc3c(c1)c1c4c(ccc1n3-c1ccc([Si](c3ccccc3)(c3ccccc3)c3cccc(-c5ccccc5)c3)cc1)Sc1ccccc1S4)c1ccccc12. The molecule has 0 amide bonds. The van der Waals surface area contributed by atoms with E-state index in [4.69, 9.17) is 0 Å². The highest BCUT2D eigenvalue weighted by molar-refractivity contribution is 8.05. The number of fused-ring (bicyclic) bond motifs is 9. The van der Waals surface area contributed by atoms with E-state index in [1.54, 1.807) is 0 Å². The molecule has 13 rings (SSSR count). The second-order valence-electron chi connectivity index (χ2n) is 19.1. The molecule has 3 heterocycles. The average molecular weight is 915 g/mol. The molecule has 0 N–H and O–H groups in total. The molecule has 324 valence electrons. The summed E-state index contributed by atoms with van der Waals surface area (Å²) in [5, 5.41) is 8.12. The van der Waals surface area contributed by atoms with Gasteiger partial charge >= 0.3 is 0 Å². The number of nitrogens with zero attached hydrogens (tertiary/aromatic N) is 2. The number of hydrogen-bond acceptors (Lipinski definition) is 3. The van der Waals surface area contributed by atoms with Gasteiger partial charge in [-0.05, 0) is 118 Å². The standard InChI is InChI=1S/C62H50N2S2Si/c1-61-39-16-17-40-62(61,2)64(54-28-13-12-27-52(54)61)46-33-36-53-51(42-46)59-55(37-38-58-60(59)66-57-30-15-14-29-56(57)65-58)63(53)45-31-34-49(35-32-45)67(47-22-8-4-9-23-47,48-24-10-5-11-25-48)50-26-18-21-44(41-50)43-19-6-3-7-20-43/h3-15,18-38,41-42H,16-17,39-40H2,1-2H3. The third-order valence-corrected chi connectivity index (χ3v) is 23.1. The van der Waals surface area contributed by atoms with Crippen LogP contribution in [-0.4, -0.2) is 18.2 Å². The first-order valence-corrected chi connectivity index (χ1v) is 27.4. The van der Waals surface area contributed by atoms with Gasteiger partial charge in [-0.15, -0.1) is 0 Å². The highest BCUT2D eigenvalue weighted by Gasteiger charge is 2.57.